The van der Waals surface area contributed by atoms with Crippen molar-refractivity contribution >= 4 is 22.2 Å². The lowest BCUT2D eigenvalue weighted by Gasteiger charge is -2.53. The molecule has 0 bridgehead atoms. The number of para-hydroxylation sites is 2. The van der Waals surface area contributed by atoms with Gasteiger partial charge in [0.15, 0.2) is 11.6 Å². The Labute approximate surface area is 142 Å². The van der Waals surface area contributed by atoms with Crippen LogP contribution in [-0.4, -0.2) is 21.1 Å². The van der Waals surface area contributed by atoms with E-state index >= 15 is 0 Å². The molecule has 24 heavy (non-hydrogen) atoms. The first-order valence-corrected chi connectivity index (χ1v) is 9.31. The van der Waals surface area contributed by atoms with Crippen LogP contribution in [0.15, 0.2) is 48.5 Å². The molecule has 1 aliphatic rings. The fourth-order valence-corrected chi connectivity index (χ4v) is 4.97. The van der Waals surface area contributed by atoms with Crippen LogP contribution in [0.1, 0.15) is 13.3 Å². The standard InChI is InChI=1S/C17H21FN2O3S/c1-12(10-11-19)17-23-15-9-5-8-14(18)16(15)20(24(17,21)22)13-6-3-2-4-7-13/h2-9,12,17,21-22H,10-11,19H2,1H3. The minimum atomic E-state index is -3.46. The first kappa shape index (κ1) is 17.0. The predicted octanol–water partition coefficient (Wildman–Crippen LogP) is 4.33. The van der Waals surface area contributed by atoms with Crippen LogP contribution in [0.2, 0.25) is 0 Å². The van der Waals surface area contributed by atoms with Crippen molar-refractivity contribution in [2.75, 3.05) is 10.8 Å². The average Bonchev–Trinajstić information content (AvgIpc) is 2.55. The Bertz CT molecular complexity index is 714. The van der Waals surface area contributed by atoms with Gasteiger partial charge in [-0.25, -0.2) is 8.70 Å². The Morgan fingerprint density at radius 2 is 1.92 bits per heavy atom. The highest BCUT2D eigenvalue weighted by atomic mass is 32.3. The summed E-state index contributed by atoms with van der Waals surface area (Å²) in [5, 5.41) is 0. The molecule has 130 valence electrons. The molecule has 2 aromatic rings. The summed E-state index contributed by atoms with van der Waals surface area (Å²) in [5.74, 6) is -0.483. The zero-order valence-corrected chi connectivity index (χ0v) is 14.1. The third-order valence-corrected chi connectivity index (χ3v) is 6.17. The fraction of sp³-hybridized carbons (Fsp3) is 0.294. The van der Waals surface area contributed by atoms with E-state index in [2.05, 4.69) is 0 Å². The molecule has 0 aromatic heterocycles. The summed E-state index contributed by atoms with van der Waals surface area (Å²) in [4.78, 5) is 0. The number of halogens is 1. The lowest BCUT2D eigenvalue weighted by atomic mass is 10.1. The van der Waals surface area contributed by atoms with Crippen LogP contribution in [0.25, 0.3) is 0 Å². The molecule has 0 spiro atoms. The second-order valence-corrected chi connectivity index (χ2v) is 7.77. The lowest BCUT2D eigenvalue weighted by Crippen LogP contribution is -2.43. The van der Waals surface area contributed by atoms with E-state index in [0.29, 0.717) is 24.4 Å². The van der Waals surface area contributed by atoms with Crippen molar-refractivity contribution in [3.05, 3.63) is 54.3 Å². The summed E-state index contributed by atoms with van der Waals surface area (Å²) < 4.78 is 43.4. The molecule has 3 rings (SSSR count). The number of fused-ring (bicyclic) bond motifs is 1. The van der Waals surface area contributed by atoms with Crippen molar-refractivity contribution < 1.29 is 18.2 Å². The largest absolute Gasteiger partial charge is 0.466 e. The Kier molecular flexibility index (Phi) is 4.69. The van der Waals surface area contributed by atoms with Crippen molar-refractivity contribution in [3.8, 4) is 5.75 Å². The maximum Gasteiger partial charge on any atom is 0.209 e. The Morgan fingerprint density at radius 1 is 1.21 bits per heavy atom. The summed E-state index contributed by atoms with van der Waals surface area (Å²) >= 11 is 0. The monoisotopic (exact) mass is 352 g/mol. The molecule has 5 nitrogen and oxygen atoms in total. The predicted molar refractivity (Wildman–Crippen MR) is 95.1 cm³/mol. The van der Waals surface area contributed by atoms with E-state index in [4.69, 9.17) is 10.5 Å². The molecule has 0 aliphatic carbocycles. The summed E-state index contributed by atoms with van der Waals surface area (Å²) in [6.07, 6.45) is 0.563. The van der Waals surface area contributed by atoms with E-state index in [1.54, 1.807) is 36.4 Å². The molecular formula is C17H21FN2O3S. The van der Waals surface area contributed by atoms with E-state index in [1.807, 2.05) is 13.0 Å². The van der Waals surface area contributed by atoms with Gasteiger partial charge in [0.1, 0.15) is 5.69 Å². The average molecular weight is 352 g/mol. The number of anilines is 2. The molecule has 0 saturated carbocycles. The Balaban J connectivity index is 2.16. The van der Waals surface area contributed by atoms with E-state index < -0.39 is 22.0 Å². The Morgan fingerprint density at radius 3 is 2.58 bits per heavy atom. The normalized spacial score (nSPS) is 21.5. The van der Waals surface area contributed by atoms with Crippen LogP contribution in [0, 0.1) is 11.7 Å². The van der Waals surface area contributed by atoms with Crippen molar-refractivity contribution in [1.82, 2.24) is 0 Å². The maximum absolute atomic E-state index is 14.5. The van der Waals surface area contributed by atoms with Gasteiger partial charge in [0.05, 0.1) is 5.69 Å². The minimum Gasteiger partial charge on any atom is -0.466 e. The molecule has 1 heterocycles. The summed E-state index contributed by atoms with van der Waals surface area (Å²) in [7, 11) is -3.46. The number of hydrogen-bond acceptors (Lipinski definition) is 5. The number of hydrogen-bond donors (Lipinski definition) is 3. The highest BCUT2D eigenvalue weighted by Gasteiger charge is 2.45. The topological polar surface area (TPSA) is 79.0 Å². The van der Waals surface area contributed by atoms with Crippen LogP contribution < -0.4 is 14.8 Å². The zero-order chi connectivity index (χ0) is 17.3. The third kappa shape index (κ3) is 2.84. The van der Waals surface area contributed by atoms with E-state index in [0.717, 1.165) is 0 Å². The molecule has 0 amide bonds. The van der Waals surface area contributed by atoms with Gasteiger partial charge in [-0.15, -0.1) is 0 Å². The number of rotatable bonds is 4. The molecule has 4 N–H and O–H groups in total. The molecular weight excluding hydrogens is 331 g/mol. The van der Waals surface area contributed by atoms with Crippen LogP contribution in [0.3, 0.4) is 0 Å². The SMILES string of the molecule is CC(CCN)C1Oc2cccc(F)c2N(c2ccccc2)S1(O)O. The van der Waals surface area contributed by atoms with Gasteiger partial charge in [0, 0.05) is 5.92 Å². The van der Waals surface area contributed by atoms with Gasteiger partial charge in [-0.2, -0.15) is 0 Å². The number of ether oxygens (including phenoxy) is 1. The highest BCUT2D eigenvalue weighted by molar-refractivity contribution is 8.26. The number of nitrogens with two attached hydrogens (primary N) is 1. The van der Waals surface area contributed by atoms with Crippen LogP contribution in [0.5, 0.6) is 5.75 Å². The van der Waals surface area contributed by atoms with Crippen molar-refractivity contribution in [3.63, 3.8) is 0 Å². The van der Waals surface area contributed by atoms with Gasteiger partial charge in [-0.3, -0.25) is 9.11 Å². The zero-order valence-electron chi connectivity index (χ0n) is 13.3. The molecule has 7 heteroatoms. The van der Waals surface area contributed by atoms with Gasteiger partial charge in [0.25, 0.3) is 0 Å². The summed E-state index contributed by atoms with van der Waals surface area (Å²) in [6.45, 7) is 2.25. The molecule has 2 unspecified atom stereocenters. The summed E-state index contributed by atoms with van der Waals surface area (Å²) in [6, 6.07) is 13.2. The number of nitrogens with zero attached hydrogens (tertiary/aromatic N) is 1. The first-order valence-electron chi connectivity index (χ1n) is 7.74. The van der Waals surface area contributed by atoms with Crippen LogP contribution in [0.4, 0.5) is 15.8 Å². The maximum atomic E-state index is 14.5. The highest BCUT2D eigenvalue weighted by Crippen LogP contribution is 2.62. The second kappa shape index (κ2) is 6.60. The van der Waals surface area contributed by atoms with Crippen LogP contribution >= 0.6 is 10.8 Å². The second-order valence-electron chi connectivity index (χ2n) is 5.82. The van der Waals surface area contributed by atoms with E-state index in [1.165, 1.54) is 10.4 Å². The number of benzene rings is 2. The molecule has 2 atom stereocenters. The quantitative estimate of drug-likeness (QED) is 0.763. The fourth-order valence-electron chi connectivity index (χ4n) is 2.89. The minimum absolute atomic E-state index is 0.0416. The molecule has 0 fully saturated rings. The van der Waals surface area contributed by atoms with Gasteiger partial charge in [0.2, 0.25) is 5.44 Å². The molecule has 1 aliphatic heterocycles. The van der Waals surface area contributed by atoms with Crippen molar-refractivity contribution in [2.24, 2.45) is 11.7 Å². The first-order chi connectivity index (χ1) is 11.5. The lowest BCUT2D eigenvalue weighted by molar-refractivity contribution is 0.188. The molecule has 2 aromatic carbocycles. The third-order valence-electron chi connectivity index (χ3n) is 4.05. The van der Waals surface area contributed by atoms with Gasteiger partial charge >= 0.3 is 0 Å². The molecule has 0 saturated heterocycles. The van der Waals surface area contributed by atoms with E-state index in [-0.39, 0.29) is 11.6 Å². The van der Waals surface area contributed by atoms with Crippen molar-refractivity contribution in [2.45, 2.75) is 18.8 Å². The van der Waals surface area contributed by atoms with Gasteiger partial charge in [-0.05, 0) is 37.2 Å². The molecule has 0 radical (unpaired) electrons. The van der Waals surface area contributed by atoms with Crippen LogP contribution in [-0.2, 0) is 0 Å². The summed E-state index contributed by atoms with van der Waals surface area (Å²) in [5.41, 5.74) is 5.25. The van der Waals surface area contributed by atoms with Gasteiger partial charge in [-0.1, -0.05) is 42.0 Å². The van der Waals surface area contributed by atoms with E-state index in [9.17, 15) is 13.5 Å². The van der Waals surface area contributed by atoms with Crippen molar-refractivity contribution in [1.29, 1.82) is 0 Å². The van der Waals surface area contributed by atoms with Gasteiger partial charge < -0.3 is 10.5 Å². The smallest absolute Gasteiger partial charge is 0.209 e. The Hall–Kier alpha value is -1.80.